The summed E-state index contributed by atoms with van der Waals surface area (Å²) in [7, 11) is 0. The topological polar surface area (TPSA) is 81.4 Å². The van der Waals surface area contributed by atoms with E-state index in [0.717, 1.165) is 0 Å². The van der Waals surface area contributed by atoms with Crippen LogP contribution in [0.1, 0.15) is 35.7 Å². The number of rotatable bonds is 5. The van der Waals surface area contributed by atoms with E-state index in [4.69, 9.17) is 9.26 Å². The Morgan fingerprint density at radius 3 is 2.83 bits per heavy atom. The number of anilines is 1. The average molecular weight is 320 g/mol. The van der Waals surface area contributed by atoms with Gasteiger partial charge in [-0.1, -0.05) is 18.1 Å². The third-order valence-electron chi connectivity index (χ3n) is 3.22. The molecule has 0 saturated carbocycles. The summed E-state index contributed by atoms with van der Waals surface area (Å²) < 4.78 is 23.2. The molecule has 0 spiro atoms. The predicted molar refractivity (Wildman–Crippen MR) is 80.5 cm³/mol. The Balaban J connectivity index is 2.03. The summed E-state index contributed by atoms with van der Waals surface area (Å²) in [6.45, 7) is 4.86. The van der Waals surface area contributed by atoms with Crippen LogP contribution in [0.5, 0.6) is 0 Å². The SMILES string of the molecule is CCc1noc(C)c1C(=O)O[C@H](C)C(=O)Nc1cccc(F)c1. The fraction of sp³-hybridized carbons (Fsp3) is 0.312. The Labute approximate surface area is 132 Å². The quantitative estimate of drug-likeness (QED) is 0.857. The Bertz CT molecular complexity index is 727. The number of aromatic nitrogens is 1. The van der Waals surface area contributed by atoms with E-state index in [9.17, 15) is 14.0 Å². The molecule has 2 aromatic rings. The Morgan fingerprint density at radius 2 is 2.17 bits per heavy atom. The zero-order chi connectivity index (χ0) is 17.0. The summed E-state index contributed by atoms with van der Waals surface area (Å²) in [6.07, 6.45) is -0.546. The number of hydrogen-bond acceptors (Lipinski definition) is 5. The fourth-order valence-electron chi connectivity index (χ4n) is 2.00. The molecule has 23 heavy (non-hydrogen) atoms. The molecule has 122 valence electrons. The van der Waals surface area contributed by atoms with Crippen LogP contribution < -0.4 is 5.32 Å². The molecule has 1 N–H and O–H groups in total. The molecule has 1 aromatic heterocycles. The minimum absolute atomic E-state index is 0.234. The highest BCUT2D eigenvalue weighted by Gasteiger charge is 2.25. The number of ether oxygens (including phenoxy) is 1. The van der Waals surface area contributed by atoms with E-state index in [1.807, 2.05) is 6.92 Å². The van der Waals surface area contributed by atoms with Gasteiger partial charge in [-0.2, -0.15) is 0 Å². The molecule has 0 fully saturated rings. The average Bonchev–Trinajstić information content (AvgIpc) is 2.88. The Kier molecular flexibility index (Phi) is 5.10. The van der Waals surface area contributed by atoms with Gasteiger partial charge in [0.2, 0.25) is 0 Å². The zero-order valence-corrected chi connectivity index (χ0v) is 13.1. The van der Waals surface area contributed by atoms with Gasteiger partial charge in [0.05, 0.1) is 5.69 Å². The number of aryl methyl sites for hydroxylation is 2. The van der Waals surface area contributed by atoms with Crippen LogP contribution >= 0.6 is 0 Å². The Morgan fingerprint density at radius 1 is 1.43 bits per heavy atom. The molecule has 1 heterocycles. The fourth-order valence-corrected chi connectivity index (χ4v) is 2.00. The maximum Gasteiger partial charge on any atom is 0.344 e. The molecule has 1 amide bonds. The predicted octanol–water partition coefficient (Wildman–Crippen LogP) is 2.87. The van der Waals surface area contributed by atoms with Crippen LogP contribution in [0.15, 0.2) is 28.8 Å². The van der Waals surface area contributed by atoms with Gasteiger partial charge in [-0.15, -0.1) is 0 Å². The highest BCUT2D eigenvalue weighted by Crippen LogP contribution is 2.17. The second-order valence-electron chi connectivity index (χ2n) is 4.96. The van der Waals surface area contributed by atoms with E-state index in [0.29, 0.717) is 17.9 Å². The first-order chi connectivity index (χ1) is 10.9. The van der Waals surface area contributed by atoms with E-state index in [-0.39, 0.29) is 11.3 Å². The first kappa shape index (κ1) is 16.7. The summed E-state index contributed by atoms with van der Waals surface area (Å²) in [4.78, 5) is 24.2. The van der Waals surface area contributed by atoms with E-state index in [2.05, 4.69) is 10.5 Å². The highest BCUT2D eigenvalue weighted by atomic mass is 19.1. The molecule has 2 rings (SSSR count). The molecule has 0 aliphatic rings. The van der Waals surface area contributed by atoms with Crippen molar-refractivity contribution < 1.29 is 23.2 Å². The first-order valence-corrected chi connectivity index (χ1v) is 7.15. The van der Waals surface area contributed by atoms with Gasteiger partial charge in [0, 0.05) is 5.69 Å². The summed E-state index contributed by atoms with van der Waals surface area (Å²) in [5.41, 5.74) is 0.997. The molecule has 0 aliphatic heterocycles. The van der Waals surface area contributed by atoms with Crippen LogP contribution in [0.2, 0.25) is 0 Å². The van der Waals surface area contributed by atoms with Gasteiger partial charge < -0.3 is 14.6 Å². The van der Waals surface area contributed by atoms with E-state index >= 15 is 0 Å². The molecule has 1 atom stereocenters. The third kappa shape index (κ3) is 3.94. The highest BCUT2D eigenvalue weighted by molar-refractivity contribution is 5.98. The lowest BCUT2D eigenvalue weighted by Gasteiger charge is -2.13. The van der Waals surface area contributed by atoms with E-state index in [1.165, 1.54) is 31.2 Å². The van der Waals surface area contributed by atoms with Gasteiger partial charge >= 0.3 is 5.97 Å². The van der Waals surface area contributed by atoms with Crippen molar-refractivity contribution in [3.8, 4) is 0 Å². The van der Waals surface area contributed by atoms with Crippen LogP contribution in [0.4, 0.5) is 10.1 Å². The molecular formula is C16H17FN2O4. The number of esters is 1. The van der Waals surface area contributed by atoms with Crippen molar-refractivity contribution in [2.75, 3.05) is 5.32 Å². The van der Waals surface area contributed by atoms with E-state index < -0.39 is 23.8 Å². The molecule has 7 heteroatoms. The number of benzene rings is 1. The molecule has 0 unspecified atom stereocenters. The monoisotopic (exact) mass is 320 g/mol. The maximum absolute atomic E-state index is 13.1. The summed E-state index contributed by atoms with van der Waals surface area (Å²) in [5.74, 6) is -1.37. The maximum atomic E-state index is 13.1. The van der Waals surface area contributed by atoms with Gasteiger partial charge in [-0.3, -0.25) is 4.79 Å². The summed E-state index contributed by atoms with van der Waals surface area (Å²) in [6, 6.07) is 5.44. The minimum atomic E-state index is -1.05. The number of halogens is 1. The molecule has 6 nitrogen and oxygen atoms in total. The Hall–Kier alpha value is -2.70. The van der Waals surface area contributed by atoms with Crippen LogP contribution in [-0.2, 0) is 16.0 Å². The first-order valence-electron chi connectivity index (χ1n) is 7.15. The number of hydrogen-bond donors (Lipinski definition) is 1. The van der Waals surface area contributed by atoms with Crippen LogP contribution in [0, 0.1) is 12.7 Å². The number of amides is 1. The number of carbonyl (C=O) groups excluding carboxylic acids is 2. The van der Waals surface area contributed by atoms with Crippen LogP contribution in [0.25, 0.3) is 0 Å². The van der Waals surface area contributed by atoms with Crippen LogP contribution in [0.3, 0.4) is 0 Å². The lowest BCUT2D eigenvalue weighted by atomic mass is 10.1. The third-order valence-corrected chi connectivity index (χ3v) is 3.22. The zero-order valence-electron chi connectivity index (χ0n) is 13.1. The molecule has 0 saturated heterocycles. The van der Waals surface area contributed by atoms with Crippen molar-refractivity contribution in [2.24, 2.45) is 0 Å². The molecule has 0 aliphatic carbocycles. The summed E-state index contributed by atoms with van der Waals surface area (Å²) >= 11 is 0. The normalized spacial score (nSPS) is 11.8. The van der Waals surface area contributed by atoms with Crippen molar-refractivity contribution in [1.82, 2.24) is 5.16 Å². The van der Waals surface area contributed by atoms with Crippen molar-refractivity contribution in [2.45, 2.75) is 33.3 Å². The van der Waals surface area contributed by atoms with Crippen molar-refractivity contribution in [1.29, 1.82) is 0 Å². The van der Waals surface area contributed by atoms with Gasteiger partial charge in [0.15, 0.2) is 6.10 Å². The largest absolute Gasteiger partial charge is 0.449 e. The van der Waals surface area contributed by atoms with Crippen molar-refractivity contribution >= 4 is 17.6 Å². The van der Waals surface area contributed by atoms with Gasteiger partial charge in [0.25, 0.3) is 5.91 Å². The van der Waals surface area contributed by atoms with Gasteiger partial charge in [-0.25, -0.2) is 9.18 Å². The van der Waals surface area contributed by atoms with Gasteiger partial charge in [0.1, 0.15) is 17.1 Å². The van der Waals surface area contributed by atoms with Crippen molar-refractivity contribution in [3.63, 3.8) is 0 Å². The van der Waals surface area contributed by atoms with Crippen LogP contribution in [-0.4, -0.2) is 23.1 Å². The number of carbonyl (C=O) groups is 2. The van der Waals surface area contributed by atoms with Gasteiger partial charge in [-0.05, 0) is 38.5 Å². The smallest absolute Gasteiger partial charge is 0.344 e. The number of nitrogens with zero attached hydrogens (tertiary/aromatic N) is 1. The minimum Gasteiger partial charge on any atom is -0.449 e. The second kappa shape index (κ2) is 7.04. The van der Waals surface area contributed by atoms with E-state index in [1.54, 1.807) is 6.92 Å². The molecule has 0 bridgehead atoms. The lowest BCUT2D eigenvalue weighted by molar-refractivity contribution is -0.123. The standard InChI is InChI=1S/C16H17FN2O4/c1-4-13-14(9(2)23-19-13)16(21)22-10(3)15(20)18-12-7-5-6-11(17)8-12/h5-8,10H,4H2,1-3H3,(H,18,20)/t10-/m1/s1. The molecule has 0 radical (unpaired) electrons. The molecular weight excluding hydrogens is 303 g/mol. The lowest BCUT2D eigenvalue weighted by Crippen LogP contribution is -2.30. The molecule has 1 aromatic carbocycles. The number of nitrogens with one attached hydrogen (secondary N) is 1. The second-order valence-corrected chi connectivity index (χ2v) is 4.96. The summed E-state index contributed by atoms with van der Waals surface area (Å²) in [5, 5.41) is 6.25. The van der Waals surface area contributed by atoms with Crippen molar-refractivity contribution in [3.05, 3.63) is 47.1 Å².